The summed E-state index contributed by atoms with van der Waals surface area (Å²) in [4.78, 5) is 7.27. The van der Waals surface area contributed by atoms with Crippen molar-refractivity contribution < 1.29 is 4.74 Å². The van der Waals surface area contributed by atoms with Gasteiger partial charge < -0.3 is 20.3 Å². The quantitative estimate of drug-likeness (QED) is 0.580. The summed E-state index contributed by atoms with van der Waals surface area (Å²) in [5, 5.41) is 6.80. The predicted molar refractivity (Wildman–Crippen MR) is 92.4 cm³/mol. The van der Waals surface area contributed by atoms with Crippen molar-refractivity contribution in [2.24, 2.45) is 10.9 Å². The minimum atomic E-state index is -0.0641. The Kier molecular flexibility index (Phi) is 6.96. The van der Waals surface area contributed by atoms with Crippen LogP contribution in [-0.4, -0.2) is 62.3 Å². The summed E-state index contributed by atoms with van der Waals surface area (Å²) in [5.41, 5.74) is -0.0641. The third-order valence-corrected chi connectivity index (χ3v) is 4.81. The number of ether oxygens (including phenoxy) is 1. The van der Waals surface area contributed by atoms with E-state index >= 15 is 0 Å². The summed E-state index contributed by atoms with van der Waals surface area (Å²) < 4.78 is 5.81. The van der Waals surface area contributed by atoms with E-state index in [0.29, 0.717) is 0 Å². The van der Waals surface area contributed by atoms with Gasteiger partial charge in [-0.1, -0.05) is 6.92 Å². The SMILES string of the molecule is CCNC(=NCC1(C)CCCO1)NCCN1CCC(C)CC1. The van der Waals surface area contributed by atoms with E-state index in [9.17, 15) is 0 Å². The normalized spacial score (nSPS) is 28.0. The second-order valence-corrected chi connectivity index (χ2v) is 7.05. The number of aliphatic imine (C=N–C) groups is 1. The first kappa shape index (κ1) is 17.5. The van der Waals surface area contributed by atoms with Crippen LogP contribution in [0, 0.1) is 5.92 Å². The Labute approximate surface area is 135 Å². The van der Waals surface area contributed by atoms with E-state index in [1.807, 2.05) is 0 Å². The van der Waals surface area contributed by atoms with Crippen LogP contribution in [0.15, 0.2) is 4.99 Å². The number of hydrogen-bond donors (Lipinski definition) is 2. The minimum absolute atomic E-state index is 0.0641. The van der Waals surface area contributed by atoms with Crippen LogP contribution in [-0.2, 0) is 4.74 Å². The molecule has 2 aliphatic rings. The lowest BCUT2D eigenvalue weighted by atomic mass is 9.99. The molecule has 0 aromatic heterocycles. The largest absolute Gasteiger partial charge is 0.373 e. The molecular formula is C17H34N4O. The van der Waals surface area contributed by atoms with E-state index in [2.05, 4.69) is 36.3 Å². The first-order chi connectivity index (χ1) is 10.6. The molecular weight excluding hydrogens is 276 g/mol. The first-order valence-corrected chi connectivity index (χ1v) is 9.00. The van der Waals surface area contributed by atoms with E-state index < -0.39 is 0 Å². The number of piperidine rings is 1. The maximum absolute atomic E-state index is 5.81. The van der Waals surface area contributed by atoms with E-state index in [1.54, 1.807) is 0 Å². The van der Waals surface area contributed by atoms with Crippen molar-refractivity contribution in [3.8, 4) is 0 Å². The molecule has 0 spiro atoms. The Hall–Kier alpha value is -0.810. The lowest BCUT2D eigenvalue weighted by Gasteiger charge is -2.30. The summed E-state index contributed by atoms with van der Waals surface area (Å²) in [6, 6.07) is 0. The summed E-state index contributed by atoms with van der Waals surface area (Å²) in [6.07, 6.45) is 4.94. The number of likely N-dealkylation sites (tertiary alicyclic amines) is 1. The molecule has 0 aromatic carbocycles. The Morgan fingerprint density at radius 1 is 1.32 bits per heavy atom. The molecule has 2 heterocycles. The Morgan fingerprint density at radius 3 is 2.73 bits per heavy atom. The van der Waals surface area contributed by atoms with Crippen molar-refractivity contribution in [2.45, 2.75) is 52.1 Å². The highest BCUT2D eigenvalue weighted by Crippen LogP contribution is 2.24. The molecule has 2 rings (SSSR count). The minimum Gasteiger partial charge on any atom is -0.373 e. The number of guanidine groups is 1. The summed E-state index contributed by atoms with van der Waals surface area (Å²) in [7, 11) is 0. The fourth-order valence-electron chi connectivity index (χ4n) is 3.17. The van der Waals surface area contributed by atoms with Crippen molar-refractivity contribution in [3.05, 3.63) is 0 Å². The van der Waals surface area contributed by atoms with Crippen LogP contribution >= 0.6 is 0 Å². The molecule has 0 bridgehead atoms. The van der Waals surface area contributed by atoms with Crippen LogP contribution in [0.4, 0.5) is 0 Å². The fraction of sp³-hybridized carbons (Fsp3) is 0.941. The molecule has 2 saturated heterocycles. The third kappa shape index (κ3) is 5.76. The highest BCUT2D eigenvalue weighted by molar-refractivity contribution is 5.79. The molecule has 0 saturated carbocycles. The molecule has 22 heavy (non-hydrogen) atoms. The lowest BCUT2D eigenvalue weighted by molar-refractivity contribution is 0.0283. The number of rotatable bonds is 6. The maximum atomic E-state index is 5.81. The monoisotopic (exact) mass is 310 g/mol. The lowest BCUT2D eigenvalue weighted by Crippen LogP contribution is -2.44. The zero-order valence-electron chi connectivity index (χ0n) is 14.7. The van der Waals surface area contributed by atoms with Gasteiger partial charge in [0.25, 0.3) is 0 Å². The highest BCUT2D eigenvalue weighted by Gasteiger charge is 2.29. The molecule has 0 radical (unpaired) electrons. The van der Waals surface area contributed by atoms with Crippen LogP contribution in [0.1, 0.15) is 46.5 Å². The average Bonchev–Trinajstić information content (AvgIpc) is 2.94. The van der Waals surface area contributed by atoms with Gasteiger partial charge in [0, 0.05) is 26.2 Å². The summed E-state index contributed by atoms with van der Waals surface area (Å²) in [5.74, 6) is 1.82. The van der Waals surface area contributed by atoms with Gasteiger partial charge in [-0.05, 0) is 58.5 Å². The van der Waals surface area contributed by atoms with Gasteiger partial charge in [-0.3, -0.25) is 4.99 Å². The van der Waals surface area contributed by atoms with Gasteiger partial charge in [-0.15, -0.1) is 0 Å². The summed E-state index contributed by atoms with van der Waals surface area (Å²) >= 11 is 0. The standard InChI is InChI=1S/C17H34N4O/c1-4-18-16(20-14-17(3)8-5-13-22-17)19-9-12-21-10-6-15(2)7-11-21/h15H,4-14H2,1-3H3,(H2,18,19,20). The number of hydrogen-bond acceptors (Lipinski definition) is 3. The molecule has 5 heteroatoms. The van der Waals surface area contributed by atoms with Crippen molar-refractivity contribution in [1.82, 2.24) is 15.5 Å². The Balaban J connectivity index is 1.71. The number of nitrogens with zero attached hydrogens (tertiary/aromatic N) is 2. The maximum Gasteiger partial charge on any atom is 0.191 e. The smallest absolute Gasteiger partial charge is 0.191 e. The molecule has 1 unspecified atom stereocenters. The van der Waals surface area contributed by atoms with Crippen LogP contribution in [0.3, 0.4) is 0 Å². The number of nitrogens with one attached hydrogen (secondary N) is 2. The molecule has 0 amide bonds. The molecule has 1 atom stereocenters. The fourth-order valence-corrected chi connectivity index (χ4v) is 3.17. The molecule has 2 fully saturated rings. The van der Waals surface area contributed by atoms with E-state index in [1.165, 1.54) is 25.9 Å². The van der Waals surface area contributed by atoms with E-state index in [4.69, 9.17) is 9.73 Å². The third-order valence-electron chi connectivity index (χ3n) is 4.81. The zero-order valence-corrected chi connectivity index (χ0v) is 14.7. The van der Waals surface area contributed by atoms with Gasteiger partial charge in [0.1, 0.15) is 0 Å². The van der Waals surface area contributed by atoms with Crippen molar-refractivity contribution in [3.63, 3.8) is 0 Å². The van der Waals surface area contributed by atoms with Gasteiger partial charge >= 0.3 is 0 Å². The van der Waals surface area contributed by atoms with Crippen LogP contribution in [0.25, 0.3) is 0 Å². The van der Waals surface area contributed by atoms with Crippen molar-refractivity contribution in [2.75, 3.05) is 45.9 Å². The Morgan fingerprint density at radius 2 is 2.09 bits per heavy atom. The summed E-state index contributed by atoms with van der Waals surface area (Å²) in [6.45, 7) is 13.7. The Bertz CT molecular complexity index is 345. The van der Waals surface area contributed by atoms with Crippen LogP contribution in [0.2, 0.25) is 0 Å². The molecule has 128 valence electrons. The van der Waals surface area contributed by atoms with E-state index in [-0.39, 0.29) is 5.60 Å². The molecule has 0 aromatic rings. The molecule has 2 N–H and O–H groups in total. The topological polar surface area (TPSA) is 48.9 Å². The second kappa shape index (κ2) is 8.73. The average molecular weight is 310 g/mol. The van der Waals surface area contributed by atoms with Gasteiger partial charge in [-0.25, -0.2) is 0 Å². The predicted octanol–water partition coefficient (Wildman–Crippen LogP) is 1.84. The first-order valence-electron chi connectivity index (χ1n) is 9.00. The van der Waals surface area contributed by atoms with Gasteiger partial charge in [0.15, 0.2) is 5.96 Å². The van der Waals surface area contributed by atoms with Crippen molar-refractivity contribution >= 4 is 5.96 Å². The van der Waals surface area contributed by atoms with Gasteiger partial charge in [-0.2, -0.15) is 0 Å². The van der Waals surface area contributed by atoms with Crippen LogP contribution < -0.4 is 10.6 Å². The highest BCUT2D eigenvalue weighted by atomic mass is 16.5. The van der Waals surface area contributed by atoms with Gasteiger partial charge in [0.05, 0.1) is 12.1 Å². The zero-order chi connectivity index (χ0) is 15.8. The van der Waals surface area contributed by atoms with Gasteiger partial charge in [0.2, 0.25) is 0 Å². The molecule has 2 aliphatic heterocycles. The second-order valence-electron chi connectivity index (χ2n) is 7.05. The van der Waals surface area contributed by atoms with Crippen LogP contribution in [0.5, 0.6) is 0 Å². The molecule has 0 aliphatic carbocycles. The van der Waals surface area contributed by atoms with E-state index in [0.717, 1.165) is 57.5 Å². The molecule has 5 nitrogen and oxygen atoms in total. The van der Waals surface area contributed by atoms with Crippen molar-refractivity contribution in [1.29, 1.82) is 0 Å².